The Balaban J connectivity index is 1.78. The van der Waals surface area contributed by atoms with Gasteiger partial charge in [0.25, 0.3) is 0 Å². The zero-order valence-electron chi connectivity index (χ0n) is 22.9. The number of esters is 1. The Labute approximate surface area is 208 Å². The van der Waals surface area contributed by atoms with Gasteiger partial charge in [-0.2, -0.15) is 0 Å². The van der Waals surface area contributed by atoms with Crippen molar-refractivity contribution < 1.29 is 23.4 Å². The van der Waals surface area contributed by atoms with Crippen LogP contribution in [0.4, 0.5) is 0 Å². The van der Waals surface area contributed by atoms with Crippen LogP contribution in [0.5, 0.6) is 0 Å². The highest BCUT2D eigenvalue weighted by atomic mass is 28.4. The Morgan fingerprint density at radius 3 is 2.56 bits per heavy atom. The highest BCUT2D eigenvalue weighted by molar-refractivity contribution is 6.74. The third-order valence-corrected chi connectivity index (χ3v) is 15.1. The molecule has 6 atom stereocenters. The molecule has 6 heteroatoms. The van der Waals surface area contributed by atoms with Gasteiger partial charge < -0.3 is 18.6 Å². The minimum absolute atomic E-state index is 0.0185. The molecule has 1 aliphatic heterocycles. The first kappa shape index (κ1) is 26.4. The second-order valence-corrected chi connectivity index (χ2v) is 18.8. The number of methoxy groups -OCH3 is 1. The van der Waals surface area contributed by atoms with Gasteiger partial charge in [-0.15, -0.1) is 0 Å². The van der Waals surface area contributed by atoms with Crippen LogP contribution in [0.25, 0.3) is 0 Å². The summed E-state index contributed by atoms with van der Waals surface area (Å²) in [5.41, 5.74) is 0.640. The number of hydrogen-bond donors (Lipinski definition) is 0. The van der Waals surface area contributed by atoms with Crippen molar-refractivity contribution in [2.75, 3.05) is 27.1 Å². The fourth-order valence-electron chi connectivity index (χ4n) is 7.87. The predicted molar refractivity (Wildman–Crippen MR) is 137 cm³/mol. The molecule has 0 aromatic carbocycles. The summed E-state index contributed by atoms with van der Waals surface area (Å²) in [7, 11) is -0.252. The lowest BCUT2D eigenvalue weighted by Crippen LogP contribution is -2.66. The van der Waals surface area contributed by atoms with Crippen LogP contribution in [0.2, 0.25) is 18.1 Å². The van der Waals surface area contributed by atoms with E-state index in [2.05, 4.69) is 54.3 Å². The average Bonchev–Trinajstić information content (AvgIpc) is 2.98. The molecular formula is C28H48O5Si. The molecule has 1 saturated heterocycles. The Hall–Kier alpha value is -0.693. The van der Waals surface area contributed by atoms with E-state index in [1.54, 1.807) is 7.11 Å². The van der Waals surface area contributed by atoms with E-state index >= 15 is 0 Å². The van der Waals surface area contributed by atoms with Gasteiger partial charge >= 0.3 is 5.97 Å². The van der Waals surface area contributed by atoms with E-state index in [0.717, 1.165) is 38.7 Å². The molecule has 4 aliphatic rings. The summed E-state index contributed by atoms with van der Waals surface area (Å²) in [4.78, 5) is 13.5. The number of ether oxygens (including phenoxy) is 3. The Kier molecular flexibility index (Phi) is 6.75. The number of rotatable bonds is 6. The molecule has 1 heterocycles. The number of allylic oxidation sites excluding steroid dienone is 1. The van der Waals surface area contributed by atoms with Crippen molar-refractivity contribution >= 4 is 14.3 Å². The summed E-state index contributed by atoms with van der Waals surface area (Å²) >= 11 is 0. The van der Waals surface area contributed by atoms with E-state index in [1.807, 2.05) is 0 Å². The minimum Gasteiger partial charge on any atom is -0.465 e. The first-order valence-electron chi connectivity index (χ1n) is 13.3. The maximum atomic E-state index is 13.5. The number of cyclic esters (lactones) is 1. The lowest BCUT2D eigenvalue weighted by molar-refractivity contribution is -0.248. The Morgan fingerprint density at radius 1 is 1.21 bits per heavy atom. The van der Waals surface area contributed by atoms with Crippen molar-refractivity contribution in [1.29, 1.82) is 0 Å². The van der Waals surface area contributed by atoms with Crippen LogP contribution in [0, 0.1) is 34.0 Å². The van der Waals surface area contributed by atoms with Crippen LogP contribution < -0.4 is 0 Å². The predicted octanol–water partition coefficient (Wildman–Crippen LogP) is 6.34. The number of hydrogen-bond acceptors (Lipinski definition) is 5. The van der Waals surface area contributed by atoms with Gasteiger partial charge in [-0.1, -0.05) is 53.2 Å². The number of carbonyl (C=O) groups excluding carboxylic acids is 1. The molecule has 3 saturated carbocycles. The van der Waals surface area contributed by atoms with Gasteiger partial charge in [0.1, 0.15) is 6.79 Å². The van der Waals surface area contributed by atoms with Gasteiger partial charge in [-0.05, 0) is 67.5 Å². The molecule has 34 heavy (non-hydrogen) atoms. The first-order valence-corrected chi connectivity index (χ1v) is 16.2. The number of fused-ring (bicyclic) bond motifs is 2. The van der Waals surface area contributed by atoms with E-state index in [0.29, 0.717) is 18.4 Å². The minimum atomic E-state index is -1.93. The van der Waals surface area contributed by atoms with Gasteiger partial charge in [0, 0.05) is 25.0 Å². The summed E-state index contributed by atoms with van der Waals surface area (Å²) in [5.74, 6) is 0.723. The molecular weight excluding hydrogens is 444 g/mol. The molecule has 4 fully saturated rings. The SMILES string of the molecule is C=C1C[C@]23C[C@H]1C[C@H](OCOC)[C@H]2[C@@]1(CCCC(C)(C)[C@H]1CO[Si](C)(C)C(C)(C)C)COC3=O. The van der Waals surface area contributed by atoms with E-state index in [-0.39, 0.29) is 40.7 Å². The van der Waals surface area contributed by atoms with Gasteiger partial charge in [0.15, 0.2) is 8.32 Å². The monoisotopic (exact) mass is 492 g/mol. The topological polar surface area (TPSA) is 54.0 Å². The fourth-order valence-corrected chi connectivity index (χ4v) is 8.88. The van der Waals surface area contributed by atoms with Crippen molar-refractivity contribution in [3.63, 3.8) is 0 Å². The van der Waals surface area contributed by atoms with Crippen LogP contribution in [0.1, 0.15) is 73.1 Å². The number of carbonyl (C=O) groups is 1. The molecule has 194 valence electrons. The quantitative estimate of drug-likeness (QED) is 0.187. The van der Waals surface area contributed by atoms with Gasteiger partial charge in [-0.3, -0.25) is 4.79 Å². The first-order chi connectivity index (χ1) is 15.7. The Morgan fingerprint density at radius 2 is 1.91 bits per heavy atom. The molecule has 0 aromatic heterocycles. The van der Waals surface area contributed by atoms with E-state index in [4.69, 9.17) is 18.6 Å². The van der Waals surface area contributed by atoms with Crippen LogP contribution in [-0.4, -0.2) is 47.5 Å². The van der Waals surface area contributed by atoms with Gasteiger partial charge in [0.05, 0.1) is 18.1 Å². The van der Waals surface area contributed by atoms with Crippen molar-refractivity contribution in [2.24, 2.45) is 34.0 Å². The van der Waals surface area contributed by atoms with E-state index in [9.17, 15) is 4.79 Å². The molecule has 0 amide bonds. The average molecular weight is 493 g/mol. The molecule has 4 rings (SSSR count). The van der Waals surface area contributed by atoms with Crippen LogP contribution in [0.3, 0.4) is 0 Å². The summed E-state index contributed by atoms with van der Waals surface area (Å²) in [5, 5.41) is 0.157. The molecule has 5 nitrogen and oxygen atoms in total. The third-order valence-electron chi connectivity index (χ3n) is 10.6. The molecule has 2 spiro atoms. The maximum absolute atomic E-state index is 13.5. The van der Waals surface area contributed by atoms with E-state index in [1.165, 1.54) is 12.0 Å². The second kappa shape index (κ2) is 8.71. The zero-order valence-corrected chi connectivity index (χ0v) is 23.9. The molecule has 0 aromatic rings. The molecule has 2 bridgehead atoms. The van der Waals surface area contributed by atoms with E-state index < -0.39 is 13.7 Å². The maximum Gasteiger partial charge on any atom is 0.312 e. The van der Waals surface area contributed by atoms with Crippen molar-refractivity contribution in [3.8, 4) is 0 Å². The van der Waals surface area contributed by atoms with Crippen LogP contribution >= 0.6 is 0 Å². The normalized spacial score (nSPS) is 39.8. The van der Waals surface area contributed by atoms with Gasteiger partial charge in [0.2, 0.25) is 0 Å². The van der Waals surface area contributed by atoms with Crippen molar-refractivity contribution in [1.82, 2.24) is 0 Å². The highest BCUT2D eigenvalue weighted by Gasteiger charge is 2.71. The fraction of sp³-hybridized carbons (Fsp3) is 0.893. The lowest BCUT2D eigenvalue weighted by atomic mass is 9.44. The largest absolute Gasteiger partial charge is 0.465 e. The van der Waals surface area contributed by atoms with Crippen molar-refractivity contribution in [3.05, 3.63) is 12.2 Å². The molecule has 0 radical (unpaired) electrons. The van der Waals surface area contributed by atoms with Crippen molar-refractivity contribution in [2.45, 2.75) is 97.4 Å². The molecule has 0 unspecified atom stereocenters. The van der Waals surface area contributed by atoms with Crippen LogP contribution in [0.15, 0.2) is 12.2 Å². The molecule has 0 N–H and O–H groups in total. The summed E-state index contributed by atoms with van der Waals surface area (Å²) in [6.07, 6.45) is 5.90. The second-order valence-electron chi connectivity index (χ2n) is 14.0. The highest BCUT2D eigenvalue weighted by Crippen LogP contribution is 2.69. The standard InChI is InChI=1S/C28H48O5Si/c1-19-14-28-15-20(19)13-21(32-18-30-7)23(28)27(17-31-24(28)29)12-10-11-26(5,6)22(27)16-33-34(8,9)25(2,3)4/h20-23H,1,10-18H2,2-9H3/t20-,21+,22-,23+,27+,28+/m1/s1. The third kappa shape index (κ3) is 4.05. The van der Waals surface area contributed by atoms with Crippen LogP contribution in [-0.2, 0) is 23.4 Å². The summed E-state index contributed by atoms with van der Waals surface area (Å²) in [6, 6.07) is 0. The summed E-state index contributed by atoms with van der Waals surface area (Å²) in [6.45, 7) is 22.3. The molecule has 3 aliphatic carbocycles. The Bertz CT molecular complexity index is 814. The zero-order chi connectivity index (χ0) is 25.2. The van der Waals surface area contributed by atoms with Gasteiger partial charge in [-0.25, -0.2) is 0 Å². The lowest BCUT2D eigenvalue weighted by Gasteiger charge is -2.63. The summed E-state index contributed by atoms with van der Waals surface area (Å²) < 4.78 is 24.9. The smallest absolute Gasteiger partial charge is 0.312 e.